The predicted molar refractivity (Wildman–Crippen MR) is 81.7 cm³/mol. The van der Waals surface area contributed by atoms with Crippen LogP contribution in [0.4, 0.5) is 0 Å². The first-order chi connectivity index (χ1) is 9.16. The topological polar surface area (TPSA) is 3.24 Å². The molecule has 0 aromatic heterocycles. The quantitative estimate of drug-likeness (QED) is 0.774. The summed E-state index contributed by atoms with van der Waals surface area (Å²) in [6, 6.07) is 7.83. The van der Waals surface area contributed by atoms with E-state index in [-0.39, 0.29) is 0 Å². The van der Waals surface area contributed by atoms with Gasteiger partial charge in [-0.15, -0.1) is 0 Å². The molecule has 3 atom stereocenters. The zero-order chi connectivity index (χ0) is 13.4. The fourth-order valence-corrected chi connectivity index (χ4v) is 4.19. The molecule has 19 heavy (non-hydrogen) atoms. The van der Waals surface area contributed by atoms with Crippen LogP contribution in [0.15, 0.2) is 18.2 Å². The third-order valence-corrected chi connectivity index (χ3v) is 5.49. The predicted octanol–water partition coefficient (Wildman–Crippen LogP) is 4.01. The first-order valence-electron chi connectivity index (χ1n) is 7.94. The minimum absolute atomic E-state index is 0.741. The lowest BCUT2D eigenvalue weighted by molar-refractivity contribution is 0.267. The second-order valence-corrected chi connectivity index (χ2v) is 6.86. The van der Waals surface area contributed by atoms with Crippen LogP contribution in [0.1, 0.15) is 55.2 Å². The fourth-order valence-electron chi connectivity index (χ4n) is 4.19. The molecule has 0 heterocycles. The molecule has 1 unspecified atom stereocenters. The number of likely N-dealkylation sites (N-methyl/N-ethyl adjacent to an activating group) is 1. The van der Waals surface area contributed by atoms with E-state index in [0.29, 0.717) is 0 Å². The monoisotopic (exact) mass is 257 g/mol. The molecule has 2 aliphatic carbocycles. The van der Waals surface area contributed by atoms with Crippen molar-refractivity contribution in [2.45, 2.75) is 57.4 Å². The van der Waals surface area contributed by atoms with Crippen molar-refractivity contribution < 1.29 is 0 Å². The summed E-state index contributed by atoms with van der Waals surface area (Å²) >= 11 is 0. The van der Waals surface area contributed by atoms with E-state index in [1.807, 2.05) is 0 Å². The van der Waals surface area contributed by atoms with Crippen LogP contribution < -0.4 is 0 Å². The van der Waals surface area contributed by atoms with Crippen molar-refractivity contribution in [3.8, 4) is 0 Å². The second-order valence-electron chi connectivity index (χ2n) is 6.86. The van der Waals surface area contributed by atoms with Gasteiger partial charge < -0.3 is 4.90 Å². The van der Waals surface area contributed by atoms with E-state index in [4.69, 9.17) is 0 Å². The third-order valence-electron chi connectivity index (χ3n) is 5.49. The molecule has 0 radical (unpaired) electrons. The summed E-state index contributed by atoms with van der Waals surface area (Å²) in [5.41, 5.74) is 5.02. The van der Waals surface area contributed by atoms with Crippen molar-refractivity contribution in [3.63, 3.8) is 0 Å². The van der Waals surface area contributed by atoms with Crippen LogP contribution in [-0.2, 0) is 12.8 Å². The van der Waals surface area contributed by atoms with Gasteiger partial charge in [0, 0.05) is 6.04 Å². The fraction of sp³-hybridized carbons (Fsp3) is 0.667. The minimum atomic E-state index is 0.741. The van der Waals surface area contributed by atoms with Gasteiger partial charge in [0.2, 0.25) is 0 Å². The molecule has 1 nitrogen and oxygen atoms in total. The van der Waals surface area contributed by atoms with E-state index in [2.05, 4.69) is 44.1 Å². The van der Waals surface area contributed by atoms with Crippen LogP contribution >= 0.6 is 0 Å². The first kappa shape index (κ1) is 13.2. The Morgan fingerprint density at radius 3 is 2.63 bits per heavy atom. The zero-order valence-electron chi connectivity index (χ0n) is 12.7. The molecular weight excluding hydrogens is 230 g/mol. The molecule has 1 aromatic carbocycles. The Morgan fingerprint density at radius 1 is 1.11 bits per heavy atom. The zero-order valence-corrected chi connectivity index (χ0v) is 12.7. The molecule has 3 rings (SSSR count). The molecule has 1 saturated carbocycles. The Kier molecular flexibility index (Phi) is 3.66. The van der Waals surface area contributed by atoms with Gasteiger partial charge >= 0.3 is 0 Å². The number of benzene rings is 1. The molecule has 104 valence electrons. The van der Waals surface area contributed by atoms with Gasteiger partial charge in [-0.3, -0.25) is 0 Å². The van der Waals surface area contributed by atoms with Gasteiger partial charge in [-0.1, -0.05) is 38.0 Å². The maximum atomic E-state index is 2.45. The lowest BCUT2D eigenvalue weighted by Crippen LogP contribution is -2.34. The lowest BCUT2D eigenvalue weighted by Gasteiger charge is -2.33. The number of fused-ring (bicyclic) bond motifs is 1. The van der Waals surface area contributed by atoms with Crippen LogP contribution in [0.3, 0.4) is 0 Å². The Hall–Kier alpha value is -0.820. The third kappa shape index (κ3) is 2.45. The first-order valence-corrected chi connectivity index (χ1v) is 7.94. The summed E-state index contributed by atoms with van der Waals surface area (Å²) in [6.07, 6.45) is 8.11. The summed E-state index contributed by atoms with van der Waals surface area (Å²) < 4.78 is 0. The Morgan fingerprint density at radius 2 is 1.95 bits per heavy atom. The standard InChI is InChI=1S/C18H27N/c1-13-6-4-8-16(13)17-9-5-7-14-10-11-15(19(2)3)12-18(14)17/h5,7,9,13,15-16H,4,6,8,10-12H2,1-3H3/t13?,15-,16-/m1/s1. The van der Waals surface area contributed by atoms with Crippen molar-refractivity contribution in [2.24, 2.45) is 5.92 Å². The molecule has 0 saturated heterocycles. The molecule has 1 heteroatoms. The van der Waals surface area contributed by atoms with E-state index in [1.54, 1.807) is 16.7 Å². The van der Waals surface area contributed by atoms with Crippen LogP contribution in [0.5, 0.6) is 0 Å². The maximum Gasteiger partial charge on any atom is 0.0133 e. The van der Waals surface area contributed by atoms with Crippen molar-refractivity contribution in [1.29, 1.82) is 0 Å². The normalized spacial score (nSPS) is 30.6. The highest BCUT2D eigenvalue weighted by Gasteiger charge is 2.30. The number of hydrogen-bond donors (Lipinski definition) is 0. The molecule has 0 bridgehead atoms. The van der Waals surface area contributed by atoms with Crippen LogP contribution in [0, 0.1) is 5.92 Å². The number of rotatable bonds is 2. The highest BCUT2D eigenvalue weighted by atomic mass is 15.1. The molecule has 0 amide bonds. The van der Waals surface area contributed by atoms with E-state index in [1.165, 1.54) is 38.5 Å². The summed E-state index contributed by atoms with van der Waals surface area (Å²) in [5, 5.41) is 0. The SMILES string of the molecule is CC1CCC[C@H]1c1cccc2c1C[C@H](N(C)C)CC2. The molecule has 0 aliphatic heterocycles. The highest BCUT2D eigenvalue weighted by molar-refractivity contribution is 5.40. The van der Waals surface area contributed by atoms with Crippen LogP contribution in [-0.4, -0.2) is 25.0 Å². The Labute approximate surface area is 118 Å². The van der Waals surface area contributed by atoms with Gasteiger partial charge in [0.05, 0.1) is 0 Å². The lowest BCUT2D eigenvalue weighted by atomic mass is 9.79. The maximum absolute atomic E-state index is 2.45. The smallest absolute Gasteiger partial charge is 0.0133 e. The minimum Gasteiger partial charge on any atom is -0.306 e. The second kappa shape index (κ2) is 5.28. The summed E-state index contributed by atoms with van der Waals surface area (Å²) in [7, 11) is 4.47. The highest BCUT2D eigenvalue weighted by Crippen LogP contribution is 2.42. The van der Waals surface area contributed by atoms with Gasteiger partial charge in [0.1, 0.15) is 0 Å². The number of nitrogens with zero attached hydrogens (tertiary/aromatic N) is 1. The summed E-state index contributed by atoms with van der Waals surface area (Å²) in [4.78, 5) is 2.41. The molecule has 1 fully saturated rings. The largest absolute Gasteiger partial charge is 0.306 e. The van der Waals surface area contributed by atoms with Gasteiger partial charge in [0.25, 0.3) is 0 Å². The van der Waals surface area contributed by atoms with E-state index >= 15 is 0 Å². The number of hydrogen-bond acceptors (Lipinski definition) is 1. The van der Waals surface area contributed by atoms with Crippen molar-refractivity contribution in [3.05, 3.63) is 34.9 Å². The number of aryl methyl sites for hydroxylation is 1. The summed E-state index contributed by atoms with van der Waals surface area (Å²) in [5.74, 6) is 1.71. The average Bonchev–Trinajstić information content (AvgIpc) is 2.83. The Balaban J connectivity index is 1.94. The van der Waals surface area contributed by atoms with Gasteiger partial charge in [-0.05, 0) is 68.3 Å². The molecule has 2 aliphatic rings. The summed E-state index contributed by atoms with van der Waals surface area (Å²) in [6.45, 7) is 2.45. The van der Waals surface area contributed by atoms with Gasteiger partial charge in [-0.25, -0.2) is 0 Å². The van der Waals surface area contributed by atoms with Crippen molar-refractivity contribution in [2.75, 3.05) is 14.1 Å². The van der Waals surface area contributed by atoms with Crippen LogP contribution in [0.25, 0.3) is 0 Å². The molecule has 0 N–H and O–H groups in total. The van der Waals surface area contributed by atoms with Gasteiger partial charge in [0.15, 0.2) is 0 Å². The molecule has 1 aromatic rings. The Bertz CT molecular complexity index is 449. The van der Waals surface area contributed by atoms with E-state index in [9.17, 15) is 0 Å². The van der Waals surface area contributed by atoms with Crippen LogP contribution in [0.2, 0.25) is 0 Å². The van der Waals surface area contributed by atoms with E-state index < -0.39 is 0 Å². The van der Waals surface area contributed by atoms with Gasteiger partial charge in [-0.2, -0.15) is 0 Å². The molecular formula is C18H27N. The van der Waals surface area contributed by atoms with Crippen molar-refractivity contribution in [1.82, 2.24) is 4.90 Å². The van der Waals surface area contributed by atoms with Crippen molar-refractivity contribution >= 4 is 0 Å². The van der Waals surface area contributed by atoms with E-state index in [0.717, 1.165) is 17.9 Å². The molecule has 0 spiro atoms. The average molecular weight is 257 g/mol.